The van der Waals surface area contributed by atoms with E-state index in [1.165, 1.54) is 12.8 Å². The maximum absolute atomic E-state index is 6.10. The van der Waals surface area contributed by atoms with Crippen LogP contribution in [-0.2, 0) is 6.54 Å². The van der Waals surface area contributed by atoms with Crippen molar-refractivity contribution in [1.29, 1.82) is 0 Å². The predicted molar refractivity (Wildman–Crippen MR) is 113 cm³/mol. The van der Waals surface area contributed by atoms with E-state index in [0.29, 0.717) is 6.61 Å². The highest BCUT2D eigenvalue weighted by Crippen LogP contribution is 2.33. The van der Waals surface area contributed by atoms with Crippen molar-refractivity contribution in [3.8, 4) is 17.2 Å². The van der Waals surface area contributed by atoms with Gasteiger partial charge in [-0.3, -0.25) is 9.47 Å². The molecule has 0 bridgehead atoms. The standard InChI is InChI=1S/C22H24N4O2S/c1-2-8-17(9-3-1)26-21(14-25-12-6-7-13-25)23-24-22(26)29-16-18-15-27-19-10-4-5-11-20(19)28-18/h1-5,8-11,18H,6-7,12-16H2/t18-/m0/s1. The molecule has 2 aliphatic rings. The number of fused-ring (bicyclic) bond motifs is 1. The van der Waals surface area contributed by atoms with Gasteiger partial charge in [-0.25, -0.2) is 0 Å². The van der Waals surface area contributed by atoms with E-state index in [2.05, 4.69) is 43.9 Å². The molecular formula is C22H24N4O2S. The Morgan fingerprint density at radius 3 is 2.52 bits per heavy atom. The highest BCUT2D eigenvalue weighted by Gasteiger charge is 2.24. The fourth-order valence-electron chi connectivity index (χ4n) is 3.79. The number of ether oxygens (including phenoxy) is 2. The van der Waals surface area contributed by atoms with Crippen molar-refractivity contribution in [2.75, 3.05) is 25.4 Å². The number of hydrogen-bond donors (Lipinski definition) is 0. The quantitative estimate of drug-likeness (QED) is 0.579. The third-order valence-electron chi connectivity index (χ3n) is 5.24. The largest absolute Gasteiger partial charge is 0.486 e. The summed E-state index contributed by atoms with van der Waals surface area (Å²) in [7, 11) is 0. The SMILES string of the molecule is c1ccc(-n2c(CN3CCCC3)nnc2SC[C@@H]2COc3ccccc3O2)cc1. The van der Waals surface area contributed by atoms with E-state index < -0.39 is 0 Å². The Bertz CT molecular complexity index is 956. The second kappa shape index (κ2) is 8.47. The van der Waals surface area contributed by atoms with Gasteiger partial charge in [0.25, 0.3) is 0 Å². The van der Waals surface area contributed by atoms with Crippen LogP contribution in [0.3, 0.4) is 0 Å². The third kappa shape index (κ3) is 4.11. The molecule has 2 aromatic carbocycles. The van der Waals surface area contributed by atoms with E-state index in [-0.39, 0.29) is 6.10 Å². The Labute approximate surface area is 174 Å². The number of thioether (sulfide) groups is 1. The molecule has 0 unspecified atom stereocenters. The molecule has 7 heteroatoms. The molecule has 0 amide bonds. The van der Waals surface area contributed by atoms with Gasteiger partial charge >= 0.3 is 0 Å². The minimum absolute atomic E-state index is 0.0159. The smallest absolute Gasteiger partial charge is 0.196 e. The van der Waals surface area contributed by atoms with Crippen molar-refractivity contribution in [2.24, 2.45) is 0 Å². The van der Waals surface area contributed by atoms with Crippen LogP contribution in [0.25, 0.3) is 5.69 Å². The summed E-state index contributed by atoms with van der Waals surface area (Å²) in [6, 6.07) is 18.2. The van der Waals surface area contributed by atoms with E-state index in [4.69, 9.17) is 9.47 Å². The number of rotatable bonds is 6. The molecule has 3 heterocycles. The van der Waals surface area contributed by atoms with Crippen LogP contribution in [-0.4, -0.2) is 51.2 Å². The lowest BCUT2D eigenvalue weighted by Gasteiger charge is -2.26. The molecule has 29 heavy (non-hydrogen) atoms. The Balaban J connectivity index is 1.34. The first-order valence-corrected chi connectivity index (χ1v) is 11.1. The number of likely N-dealkylation sites (tertiary alicyclic amines) is 1. The van der Waals surface area contributed by atoms with Crippen molar-refractivity contribution in [3.05, 3.63) is 60.4 Å². The van der Waals surface area contributed by atoms with Crippen LogP contribution in [0.1, 0.15) is 18.7 Å². The average Bonchev–Trinajstić information content (AvgIpc) is 3.43. The highest BCUT2D eigenvalue weighted by molar-refractivity contribution is 7.99. The van der Waals surface area contributed by atoms with E-state index >= 15 is 0 Å². The van der Waals surface area contributed by atoms with Crippen LogP contribution >= 0.6 is 11.8 Å². The third-order valence-corrected chi connectivity index (χ3v) is 6.31. The van der Waals surface area contributed by atoms with Gasteiger partial charge in [0, 0.05) is 11.4 Å². The summed E-state index contributed by atoms with van der Waals surface area (Å²) in [5.41, 5.74) is 1.10. The summed E-state index contributed by atoms with van der Waals surface area (Å²) in [6.45, 7) is 3.65. The number of hydrogen-bond acceptors (Lipinski definition) is 6. The molecule has 3 aromatic rings. The zero-order chi connectivity index (χ0) is 19.5. The van der Waals surface area contributed by atoms with Gasteiger partial charge in [0.15, 0.2) is 22.5 Å². The topological polar surface area (TPSA) is 52.4 Å². The zero-order valence-corrected chi connectivity index (χ0v) is 17.1. The van der Waals surface area contributed by atoms with Gasteiger partial charge in [-0.1, -0.05) is 42.1 Å². The lowest BCUT2D eigenvalue weighted by molar-refractivity contribution is 0.107. The summed E-state index contributed by atoms with van der Waals surface area (Å²) >= 11 is 1.67. The normalized spacial score (nSPS) is 18.8. The summed E-state index contributed by atoms with van der Waals surface area (Å²) in [6.07, 6.45) is 2.52. The van der Waals surface area contributed by atoms with Crippen LogP contribution in [0.15, 0.2) is 59.8 Å². The minimum Gasteiger partial charge on any atom is -0.486 e. The van der Waals surface area contributed by atoms with Gasteiger partial charge < -0.3 is 9.47 Å². The average molecular weight is 409 g/mol. The molecule has 1 fully saturated rings. The number of nitrogens with zero attached hydrogens (tertiary/aromatic N) is 4. The first-order chi connectivity index (χ1) is 14.4. The second-order valence-electron chi connectivity index (χ2n) is 7.36. The summed E-state index contributed by atoms with van der Waals surface area (Å²) in [5, 5.41) is 9.95. The van der Waals surface area contributed by atoms with Crippen LogP contribution in [0.5, 0.6) is 11.5 Å². The van der Waals surface area contributed by atoms with E-state index in [1.54, 1.807) is 11.8 Å². The van der Waals surface area contributed by atoms with Crippen molar-refractivity contribution in [3.63, 3.8) is 0 Å². The Morgan fingerprint density at radius 2 is 1.69 bits per heavy atom. The second-order valence-corrected chi connectivity index (χ2v) is 8.35. The zero-order valence-electron chi connectivity index (χ0n) is 16.2. The fraction of sp³-hybridized carbons (Fsp3) is 0.364. The molecule has 0 aliphatic carbocycles. The summed E-state index contributed by atoms with van der Waals surface area (Å²) in [5.74, 6) is 3.37. The van der Waals surface area contributed by atoms with Crippen molar-refractivity contribution in [2.45, 2.75) is 30.6 Å². The number of para-hydroxylation sites is 3. The van der Waals surface area contributed by atoms with Crippen LogP contribution in [0.4, 0.5) is 0 Å². The number of aromatic nitrogens is 3. The Kier molecular flexibility index (Phi) is 5.41. The number of benzene rings is 2. The van der Waals surface area contributed by atoms with Crippen LogP contribution < -0.4 is 9.47 Å². The van der Waals surface area contributed by atoms with E-state index in [1.807, 2.05) is 30.3 Å². The fourth-order valence-corrected chi connectivity index (χ4v) is 4.72. The van der Waals surface area contributed by atoms with E-state index in [0.717, 1.165) is 53.6 Å². The predicted octanol–water partition coefficient (Wildman–Crippen LogP) is 3.80. The molecule has 2 aliphatic heterocycles. The van der Waals surface area contributed by atoms with Gasteiger partial charge in [0.2, 0.25) is 0 Å². The van der Waals surface area contributed by atoms with Gasteiger partial charge in [-0.15, -0.1) is 10.2 Å². The molecule has 150 valence electrons. The molecule has 5 rings (SSSR count). The van der Waals surface area contributed by atoms with Crippen molar-refractivity contribution < 1.29 is 9.47 Å². The summed E-state index contributed by atoms with van der Waals surface area (Å²) in [4.78, 5) is 2.45. The highest BCUT2D eigenvalue weighted by atomic mass is 32.2. The molecule has 0 N–H and O–H groups in total. The van der Waals surface area contributed by atoms with Crippen molar-refractivity contribution >= 4 is 11.8 Å². The van der Waals surface area contributed by atoms with Gasteiger partial charge in [0.05, 0.1) is 6.54 Å². The lowest BCUT2D eigenvalue weighted by atomic mass is 10.3. The van der Waals surface area contributed by atoms with Gasteiger partial charge in [-0.05, 0) is 50.2 Å². The summed E-state index contributed by atoms with van der Waals surface area (Å²) < 4.78 is 14.1. The Morgan fingerprint density at radius 1 is 0.931 bits per heavy atom. The molecule has 0 radical (unpaired) electrons. The maximum Gasteiger partial charge on any atom is 0.196 e. The first kappa shape index (κ1) is 18.5. The van der Waals surface area contributed by atoms with Crippen molar-refractivity contribution in [1.82, 2.24) is 19.7 Å². The molecular weight excluding hydrogens is 384 g/mol. The van der Waals surface area contributed by atoms with Crippen LogP contribution in [0, 0.1) is 0 Å². The maximum atomic E-state index is 6.10. The molecule has 1 aromatic heterocycles. The molecule has 6 nitrogen and oxygen atoms in total. The van der Waals surface area contributed by atoms with Crippen LogP contribution in [0.2, 0.25) is 0 Å². The minimum atomic E-state index is -0.0159. The van der Waals surface area contributed by atoms with Gasteiger partial charge in [0.1, 0.15) is 12.7 Å². The lowest BCUT2D eigenvalue weighted by Crippen LogP contribution is -2.31. The molecule has 1 saturated heterocycles. The Hall–Kier alpha value is -2.51. The molecule has 0 saturated carbocycles. The van der Waals surface area contributed by atoms with E-state index in [9.17, 15) is 0 Å². The van der Waals surface area contributed by atoms with Gasteiger partial charge in [-0.2, -0.15) is 0 Å². The first-order valence-electron chi connectivity index (χ1n) is 10.1. The monoisotopic (exact) mass is 408 g/mol. The molecule has 0 spiro atoms. The molecule has 1 atom stereocenters.